The predicted molar refractivity (Wildman–Crippen MR) is 156 cm³/mol. The normalized spacial score (nSPS) is 15.5. The van der Waals surface area contributed by atoms with Crippen LogP contribution in [-0.4, -0.2) is 68.4 Å². The number of aromatic amines is 1. The summed E-state index contributed by atoms with van der Waals surface area (Å²) in [4.78, 5) is 56.7. The Labute approximate surface area is 239 Å². The second-order valence-corrected chi connectivity index (χ2v) is 11.0. The van der Waals surface area contributed by atoms with Gasteiger partial charge in [-0.3, -0.25) is 19.3 Å². The van der Waals surface area contributed by atoms with Crippen molar-refractivity contribution in [1.29, 1.82) is 0 Å². The van der Waals surface area contributed by atoms with Crippen LogP contribution < -0.4 is 10.6 Å². The molecule has 41 heavy (non-hydrogen) atoms. The fourth-order valence-electron chi connectivity index (χ4n) is 5.09. The quantitative estimate of drug-likeness (QED) is 0.339. The van der Waals surface area contributed by atoms with Crippen molar-refractivity contribution in [2.24, 2.45) is 0 Å². The molecule has 2 heterocycles. The molecule has 1 aliphatic rings. The average molecular weight is 558 g/mol. The third kappa shape index (κ3) is 6.87. The summed E-state index contributed by atoms with van der Waals surface area (Å²) in [5.41, 5.74) is 1.77. The summed E-state index contributed by atoms with van der Waals surface area (Å²) < 4.78 is 0. The van der Waals surface area contributed by atoms with Crippen LogP contribution in [0, 0.1) is 11.8 Å². The molecule has 10 nitrogen and oxygen atoms in total. The number of nitrogens with one attached hydrogen (secondary N) is 3. The first-order chi connectivity index (χ1) is 19.5. The molecule has 2 atom stereocenters. The Kier molecular flexibility index (Phi) is 8.67. The van der Waals surface area contributed by atoms with E-state index in [1.54, 1.807) is 51.1 Å². The first-order valence-corrected chi connectivity index (χ1v) is 13.5. The Morgan fingerprint density at radius 1 is 1.12 bits per heavy atom. The molecule has 0 saturated carbocycles. The van der Waals surface area contributed by atoms with Crippen LogP contribution in [0.5, 0.6) is 0 Å². The van der Waals surface area contributed by atoms with Crippen molar-refractivity contribution < 1.29 is 24.3 Å². The first-order valence-electron chi connectivity index (χ1n) is 13.5. The zero-order valence-corrected chi connectivity index (χ0v) is 23.7. The van der Waals surface area contributed by atoms with Gasteiger partial charge in [0.15, 0.2) is 0 Å². The van der Waals surface area contributed by atoms with Gasteiger partial charge in [0.2, 0.25) is 11.8 Å². The highest BCUT2D eigenvalue weighted by Gasteiger charge is 2.44. The monoisotopic (exact) mass is 557 g/mol. The van der Waals surface area contributed by atoms with E-state index in [4.69, 9.17) is 0 Å². The number of carbonyl (C=O) groups excluding carboxylic acids is 3. The van der Waals surface area contributed by atoms with E-state index in [0.717, 1.165) is 15.8 Å². The lowest BCUT2D eigenvalue weighted by molar-refractivity contribution is -0.142. The molecule has 2 aromatic carbocycles. The standard InChI is InChI=1S/C31H35N5O5/c1-20(37)32-16-8-12-23-18-22-19-24(14-15-25(22)33-23)34-28(38)26-13-9-17-35(26)29(39)27(21-10-6-5-7-11-21)36(30(40)41)31(2,3)4/h5-7,10-11,14-15,18-19,26-27,33H,9,13,16-17H2,1-4H3,(H,32,37)(H,34,38)(H,40,41)/t26-,27+/m0/s1. The molecule has 4 N–H and O–H groups in total. The van der Waals surface area contributed by atoms with Crippen molar-refractivity contribution in [2.75, 3.05) is 18.4 Å². The smallest absolute Gasteiger partial charge is 0.408 e. The number of anilines is 1. The second kappa shape index (κ2) is 12.2. The van der Waals surface area contributed by atoms with Crippen LogP contribution in [0.15, 0.2) is 54.6 Å². The molecule has 3 aromatic rings. The number of carboxylic acid groups (broad SMARTS) is 1. The molecule has 0 unspecified atom stereocenters. The molecule has 0 aliphatic carbocycles. The summed E-state index contributed by atoms with van der Waals surface area (Å²) >= 11 is 0. The van der Waals surface area contributed by atoms with Gasteiger partial charge in [-0.25, -0.2) is 4.79 Å². The van der Waals surface area contributed by atoms with Gasteiger partial charge >= 0.3 is 6.09 Å². The molecule has 1 aromatic heterocycles. The molecule has 1 saturated heterocycles. The van der Waals surface area contributed by atoms with E-state index >= 15 is 0 Å². The Morgan fingerprint density at radius 2 is 1.85 bits per heavy atom. The van der Waals surface area contributed by atoms with Crippen molar-refractivity contribution in [1.82, 2.24) is 20.1 Å². The molecule has 1 fully saturated rings. The first kappa shape index (κ1) is 29.2. The van der Waals surface area contributed by atoms with Gasteiger partial charge < -0.3 is 25.6 Å². The molecule has 1 aliphatic heterocycles. The minimum atomic E-state index is -1.21. The van der Waals surface area contributed by atoms with Crippen molar-refractivity contribution in [3.63, 3.8) is 0 Å². The number of rotatable bonds is 6. The molecule has 0 bridgehead atoms. The predicted octanol–water partition coefficient (Wildman–Crippen LogP) is 4.10. The van der Waals surface area contributed by atoms with Crippen LogP contribution in [0.4, 0.5) is 10.5 Å². The zero-order valence-electron chi connectivity index (χ0n) is 23.7. The van der Waals surface area contributed by atoms with Crippen molar-refractivity contribution >= 4 is 40.4 Å². The summed E-state index contributed by atoms with van der Waals surface area (Å²) in [5.74, 6) is 4.94. The lowest BCUT2D eigenvalue weighted by atomic mass is 9.97. The Hall–Kier alpha value is -4.78. The third-order valence-electron chi connectivity index (χ3n) is 6.91. The van der Waals surface area contributed by atoms with Gasteiger partial charge in [-0.05, 0) is 69.4 Å². The van der Waals surface area contributed by atoms with Crippen LogP contribution in [0.25, 0.3) is 10.9 Å². The summed E-state index contributed by atoms with van der Waals surface area (Å²) in [6.07, 6.45) is -0.105. The Balaban J connectivity index is 1.54. The Bertz CT molecular complexity index is 1510. The van der Waals surface area contributed by atoms with E-state index in [1.807, 2.05) is 24.3 Å². The fraction of sp³-hybridized carbons (Fsp3) is 0.355. The Morgan fingerprint density at radius 3 is 2.51 bits per heavy atom. The molecule has 214 valence electrons. The van der Waals surface area contributed by atoms with Gasteiger partial charge in [0.05, 0.1) is 12.2 Å². The maximum Gasteiger partial charge on any atom is 0.408 e. The highest BCUT2D eigenvalue weighted by atomic mass is 16.4. The highest BCUT2D eigenvalue weighted by molar-refractivity contribution is 6.00. The maximum absolute atomic E-state index is 14.0. The zero-order chi connectivity index (χ0) is 29.7. The number of amides is 4. The number of hydrogen-bond donors (Lipinski definition) is 4. The van der Waals surface area contributed by atoms with Crippen LogP contribution in [0.2, 0.25) is 0 Å². The van der Waals surface area contributed by atoms with Gasteiger partial charge in [-0.1, -0.05) is 36.3 Å². The molecular weight excluding hydrogens is 522 g/mol. The van der Waals surface area contributed by atoms with Crippen LogP contribution in [0.3, 0.4) is 0 Å². The summed E-state index contributed by atoms with van der Waals surface area (Å²) in [7, 11) is 0. The van der Waals surface area contributed by atoms with E-state index in [2.05, 4.69) is 27.5 Å². The van der Waals surface area contributed by atoms with Gasteiger partial charge in [-0.2, -0.15) is 0 Å². The number of nitrogens with zero attached hydrogens (tertiary/aromatic N) is 2. The lowest BCUT2D eigenvalue weighted by Crippen LogP contribution is -2.54. The van der Waals surface area contributed by atoms with Gasteiger partial charge in [0.1, 0.15) is 12.1 Å². The summed E-state index contributed by atoms with van der Waals surface area (Å²) in [5, 5.41) is 16.5. The second-order valence-electron chi connectivity index (χ2n) is 11.0. The van der Waals surface area contributed by atoms with Gasteiger partial charge in [-0.15, -0.1) is 0 Å². The van der Waals surface area contributed by atoms with E-state index in [9.17, 15) is 24.3 Å². The summed E-state index contributed by atoms with van der Waals surface area (Å²) in [6, 6.07) is 14.3. The van der Waals surface area contributed by atoms with Crippen LogP contribution >= 0.6 is 0 Å². The molecule has 0 radical (unpaired) electrons. The number of hydrogen-bond acceptors (Lipinski definition) is 4. The lowest BCUT2D eigenvalue weighted by Gasteiger charge is -2.41. The molecule has 4 rings (SSSR count). The molecular formula is C31H35N5O5. The number of carbonyl (C=O) groups is 4. The maximum atomic E-state index is 14.0. The fourth-order valence-corrected chi connectivity index (χ4v) is 5.09. The van der Waals surface area contributed by atoms with E-state index in [0.29, 0.717) is 36.3 Å². The summed E-state index contributed by atoms with van der Waals surface area (Å²) in [6.45, 7) is 7.27. The van der Waals surface area contributed by atoms with Crippen molar-refractivity contribution in [3.05, 3.63) is 65.9 Å². The van der Waals surface area contributed by atoms with Gasteiger partial charge in [0, 0.05) is 35.6 Å². The van der Waals surface area contributed by atoms with E-state index in [1.165, 1.54) is 11.8 Å². The van der Waals surface area contributed by atoms with Crippen molar-refractivity contribution in [3.8, 4) is 11.8 Å². The molecule has 10 heteroatoms. The van der Waals surface area contributed by atoms with Crippen molar-refractivity contribution in [2.45, 2.75) is 58.2 Å². The minimum absolute atomic E-state index is 0.150. The minimum Gasteiger partial charge on any atom is -0.465 e. The number of likely N-dealkylation sites (tertiary alicyclic amines) is 1. The SMILES string of the molecule is CC(=O)NCC#Cc1cc2cc(NC(=O)[C@@H]3CCCN3C(=O)[C@@H](c3ccccc3)N(C(=O)O)C(C)(C)C)ccc2[nH]1. The van der Waals surface area contributed by atoms with E-state index < -0.39 is 29.6 Å². The van der Waals surface area contributed by atoms with Gasteiger partial charge in [0.25, 0.3) is 5.91 Å². The topological polar surface area (TPSA) is 135 Å². The molecule has 0 spiro atoms. The largest absolute Gasteiger partial charge is 0.465 e. The molecule has 4 amide bonds. The number of H-pyrrole nitrogens is 1. The van der Waals surface area contributed by atoms with Crippen LogP contribution in [-0.2, 0) is 14.4 Å². The van der Waals surface area contributed by atoms with E-state index in [-0.39, 0.29) is 18.4 Å². The number of benzene rings is 2. The van der Waals surface area contributed by atoms with Crippen LogP contribution in [0.1, 0.15) is 57.8 Å². The number of aromatic nitrogens is 1. The average Bonchev–Trinajstić information content (AvgIpc) is 3.56. The third-order valence-corrected chi connectivity index (χ3v) is 6.91. The number of fused-ring (bicyclic) bond motifs is 1. The highest BCUT2D eigenvalue weighted by Crippen LogP contribution is 2.33.